The van der Waals surface area contributed by atoms with E-state index >= 15 is 0 Å². The maximum atomic E-state index is 13.5. The number of nitrogen functional groups attached to an aromatic ring is 1. The third-order valence-electron chi connectivity index (χ3n) is 2.66. The summed E-state index contributed by atoms with van der Waals surface area (Å²) in [5, 5.41) is 2.12. The second-order valence-electron chi connectivity index (χ2n) is 4.17. The summed E-state index contributed by atoms with van der Waals surface area (Å²) in [6.45, 7) is 0.160. The average molecular weight is 297 g/mol. The highest BCUT2D eigenvalue weighted by Crippen LogP contribution is 2.19. The fourth-order valence-corrected chi connectivity index (χ4v) is 1.83. The van der Waals surface area contributed by atoms with Gasteiger partial charge in [-0.3, -0.25) is 4.79 Å². The van der Waals surface area contributed by atoms with Crippen LogP contribution in [0.1, 0.15) is 15.9 Å². The van der Waals surface area contributed by atoms with E-state index in [1.54, 1.807) is 24.3 Å². The smallest absolute Gasteiger partial charge is 0.254 e. The van der Waals surface area contributed by atoms with Crippen molar-refractivity contribution in [1.29, 1.82) is 0 Å². The summed E-state index contributed by atoms with van der Waals surface area (Å²) in [6.07, 6.45) is 0. The van der Waals surface area contributed by atoms with E-state index in [-0.39, 0.29) is 11.6 Å². The van der Waals surface area contributed by atoms with Gasteiger partial charge in [-0.25, -0.2) is 8.78 Å². The van der Waals surface area contributed by atoms with Gasteiger partial charge in [-0.1, -0.05) is 23.7 Å². The Morgan fingerprint density at radius 3 is 2.65 bits per heavy atom. The number of halogens is 3. The van der Waals surface area contributed by atoms with Crippen LogP contribution in [0, 0.1) is 11.6 Å². The Balaban J connectivity index is 2.11. The van der Waals surface area contributed by atoms with E-state index in [1.807, 2.05) is 0 Å². The van der Waals surface area contributed by atoms with Gasteiger partial charge in [0, 0.05) is 12.2 Å². The molecule has 0 saturated carbocycles. The second kappa shape index (κ2) is 5.88. The molecule has 0 radical (unpaired) electrons. The fraction of sp³-hybridized carbons (Fsp3) is 0.0714. The third kappa shape index (κ3) is 3.24. The van der Waals surface area contributed by atoms with Crippen molar-refractivity contribution < 1.29 is 13.6 Å². The Morgan fingerprint density at radius 1 is 1.20 bits per heavy atom. The van der Waals surface area contributed by atoms with E-state index in [0.717, 1.165) is 17.7 Å². The van der Waals surface area contributed by atoms with Crippen molar-refractivity contribution in [2.75, 3.05) is 5.73 Å². The number of rotatable bonds is 3. The summed E-state index contributed by atoms with van der Waals surface area (Å²) in [4.78, 5) is 11.8. The molecule has 3 N–H and O–H groups in total. The summed E-state index contributed by atoms with van der Waals surface area (Å²) in [7, 11) is 0. The Morgan fingerprint density at radius 2 is 1.95 bits per heavy atom. The number of carbonyl (C=O) groups is 1. The number of nitrogens with two attached hydrogens (primary N) is 1. The third-order valence-corrected chi connectivity index (χ3v) is 2.95. The molecule has 0 heterocycles. The van der Waals surface area contributed by atoms with E-state index in [2.05, 4.69) is 5.32 Å². The molecular weight excluding hydrogens is 286 g/mol. The van der Waals surface area contributed by atoms with Gasteiger partial charge in [0.15, 0.2) is 0 Å². The lowest BCUT2D eigenvalue weighted by molar-refractivity contribution is 0.0946. The molecule has 0 aliphatic rings. The lowest BCUT2D eigenvalue weighted by atomic mass is 10.1. The largest absolute Gasteiger partial charge is 0.399 e. The van der Waals surface area contributed by atoms with Crippen LogP contribution in [0.5, 0.6) is 0 Å². The van der Waals surface area contributed by atoms with Crippen LogP contribution in [0.3, 0.4) is 0 Å². The summed E-state index contributed by atoms with van der Waals surface area (Å²) in [6, 6.07) is 8.42. The van der Waals surface area contributed by atoms with Gasteiger partial charge in [-0.05, 0) is 29.8 Å². The van der Waals surface area contributed by atoms with Crippen LogP contribution in [0.25, 0.3) is 0 Å². The van der Waals surface area contributed by atoms with E-state index in [0.29, 0.717) is 5.69 Å². The molecule has 1 amide bonds. The highest BCUT2D eigenvalue weighted by Gasteiger charge is 2.15. The SMILES string of the molecule is Nc1cccc(CNC(=O)c2cc(F)c(Cl)cc2F)c1. The molecular formula is C14H11ClF2N2O. The van der Waals surface area contributed by atoms with E-state index in [1.165, 1.54) is 0 Å². The van der Waals surface area contributed by atoms with Gasteiger partial charge in [0.25, 0.3) is 5.91 Å². The first-order valence-corrected chi connectivity index (χ1v) is 6.12. The molecule has 0 atom stereocenters. The Labute approximate surface area is 119 Å². The molecule has 0 saturated heterocycles. The van der Waals surface area contributed by atoms with E-state index in [9.17, 15) is 13.6 Å². The molecule has 0 spiro atoms. The maximum Gasteiger partial charge on any atom is 0.254 e. The Bertz CT molecular complexity index is 662. The number of carbonyl (C=O) groups excluding carboxylic acids is 1. The highest BCUT2D eigenvalue weighted by molar-refractivity contribution is 6.30. The summed E-state index contributed by atoms with van der Waals surface area (Å²) >= 11 is 5.42. The van der Waals surface area contributed by atoms with E-state index in [4.69, 9.17) is 17.3 Å². The molecule has 2 rings (SSSR count). The van der Waals surface area contributed by atoms with Crippen LogP contribution in [0.4, 0.5) is 14.5 Å². The monoisotopic (exact) mass is 296 g/mol. The van der Waals surface area contributed by atoms with Crippen molar-refractivity contribution in [2.45, 2.75) is 6.54 Å². The zero-order chi connectivity index (χ0) is 14.7. The summed E-state index contributed by atoms with van der Waals surface area (Å²) < 4.78 is 26.8. The van der Waals surface area contributed by atoms with E-state index < -0.39 is 23.1 Å². The normalized spacial score (nSPS) is 10.3. The van der Waals surface area contributed by atoms with Gasteiger partial charge in [-0.15, -0.1) is 0 Å². The van der Waals surface area contributed by atoms with Crippen LogP contribution in [-0.2, 0) is 6.54 Å². The minimum atomic E-state index is -0.874. The van der Waals surface area contributed by atoms with Gasteiger partial charge < -0.3 is 11.1 Å². The summed E-state index contributed by atoms with van der Waals surface area (Å²) in [5.74, 6) is -2.44. The number of benzene rings is 2. The quantitative estimate of drug-likeness (QED) is 0.675. The first-order chi connectivity index (χ1) is 9.47. The highest BCUT2D eigenvalue weighted by atomic mass is 35.5. The van der Waals surface area contributed by atoms with Crippen molar-refractivity contribution in [3.8, 4) is 0 Å². The zero-order valence-corrected chi connectivity index (χ0v) is 11.0. The molecule has 0 fully saturated rings. The molecule has 2 aromatic rings. The molecule has 0 aromatic heterocycles. The fourth-order valence-electron chi connectivity index (χ4n) is 1.68. The molecule has 0 bridgehead atoms. The number of hydrogen-bond donors (Lipinski definition) is 2. The predicted molar refractivity (Wildman–Crippen MR) is 73.4 cm³/mol. The molecule has 6 heteroatoms. The predicted octanol–water partition coefficient (Wildman–Crippen LogP) is 3.13. The van der Waals surface area contributed by atoms with Gasteiger partial charge in [0.1, 0.15) is 11.6 Å². The lowest BCUT2D eigenvalue weighted by Crippen LogP contribution is -2.24. The van der Waals surface area contributed by atoms with Crippen molar-refractivity contribution >= 4 is 23.2 Å². The standard InChI is InChI=1S/C14H11ClF2N2O/c15-11-6-12(16)10(5-13(11)17)14(20)19-7-8-2-1-3-9(18)4-8/h1-6H,7,18H2,(H,19,20). The lowest BCUT2D eigenvalue weighted by Gasteiger charge is -2.07. The topological polar surface area (TPSA) is 55.1 Å². The van der Waals surface area contributed by atoms with Crippen molar-refractivity contribution in [2.24, 2.45) is 0 Å². The van der Waals surface area contributed by atoms with Crippen LogP contribution in [-0.4, -0.2) is 5.91 Å². The van der Waals surface area contributed by atoms with Crippen LogP contribution in [0.15, 0.2) is 36.4 Å². The minimum absolute atomic E-state index is 0.160. The molecule has 104 valence electrons. The van der Waals surface area contributed by atoms with Crippen molar-refractivity contribution in [1.82, 2.24) is 5.32 Å². The van der Waals surface area contributed by atoms with Gasteiger partial charge in [0.05, 0.1) is 10.6 Å². The molecule has 2 aromatic carbocycles. The van der Waals surface area contributed by atoms with Gasteiger partial charge in [-0.2, -0.15) is 0 Å². The van der Waals surface area contributed by atoms with Crippen molar-refractivity contribution in [3.05, 3.63) is 64.2 Å². The Kier molecular flexibility index (Phi) is 4.20. The average Bonchev–Trinajstić information content (AvgIpc) is 2.40. The van der Waals surface area contributed by atoms with Crippen LogP contribution < -0.4 is 11.1 Å². The molecule has 0 aliphatic heterocycles. The zero-order valence-electron chi connectivity index (χ0n) is 10.3. The first kappa shape index (κ1) is 14.3. The molecule has 20 heavy (non-hydrogen) atoms. The maximum absolute atomic E-state index is 13.5. The Hall–Kier alpha value is -2.14. The number of hydrogen-bond acceptors (Lipinski definition) is 2. The number of anilines is 1. The van der Waals surface area contributed by atoms with Crippen LogP contribution >= 0.6 is 11.6 Å². The minimum Gasteiger partial charge on any atom is -0.399 e. The summed E-state index contributed by atoms with van der Waals surface area (Å²) in [5.41, 5.74) is 6.52. The van der Waals surface area contributed by atoms with Gasteiger partial charge in [0.2, 0.25) is 0 Å². The van der Waals surface area contributed by atoms with Crippen molar-refractivity contribution in [3.63, 3.8) is 0 Å². The number of amides is 1. The van der Waals surface area contributed by atoms with Crippen LogP contribution in [0.2, 0.25) is 5.02 Å². The van der Waals surface area contributed by atoms with Gasteiger partial charge >= 0.3 is 0 Å². The molecule has 0 aliphatic carbocycles. The second-order valence-corrected chi connectivity index (χ2v) is 4.58. The number of nitrogens with one attached hydrogen (secondary N) is 1. The molecule has 3 nitrogen and oxygen atoms in total. The molecule has 0 unspecified atom stereocenters. The first-order valence-electron chi connectivity index (χ1n) is 5.74.